The monoisotopic (exact) mass is 458 g/mol. The van der Waals surface area contributed by atoms with E-state index >= 15 is 0 Å². The number of rotatable bonds is 5. The number of carbonyl (C=O) groups excluding carboxylic acids is 2. The van der Waals surface area contributed by atoms with Crippen LogP contribution in [0, 0.1) is 6.92 Å². The number of amides is 2. The number of hydrogen-bond acceptors (Lipinski definition) is 3. The molecule has 0 saturated carbocycles. The molecule has 0 saturated heterocycles. The van der Waals surface area contributed by atoms with Crippen molar-refractivity contribution in [1.82, 2.24) is 4.90 Å². The molecular weight excluding hydrogens is 432 g/mol. The molecule has 0 bridgehead atoms. The normalized spacial score (nSPS) is 14.3. The first kappa shape index (κ1) is 22.8. The van der Waals surface area contributed by atoms with Crippen LogP contribution in [0.3, 0.4) is 0 Å². The Morgan fingerprint density at radius 2 is 1.42 bits per heavy atom. The molecule has 1 aliphatic heterocycles. The zero-order valence-electron chi connectivity index (χ0n) is 19.3. The molecule has 0 spiro atoms. The fourth-order valence-corrected chi connectivity index (χ4v) is 3.92. The van der Waals surface area contributed by atoms with Crippen LogP contribution in [0.1, 0.15) is 43.0 Å². The van der Waals surface area contributed by atoms with E-state index in [9.17, 15) is 9.59 Å². The molecule has 5 heteroatoms. The Morgan fingerprint density at radius 3 is 2.00 bits per heavy atom. The molecule has 0 aliphatic carbocycles. The summed E-state index contributed by atoms with van der Waals surface area (Å²) in [5, 5.41) is 3.79. The van der Waals surface area contributed by atoms with Gasteiger partial charge in [0.1, 0.15) is 5.70 Å². The van der Waals surface area contributed by atoms with E-state index in [1.807, 2.05) is 55.5 Å². The fraction of sp³-hybridized carbons (Fsp3) is 0.214. The molecular formula is C28H27ClN2O2. The van der Waals surface area contributed by atoms with E-state index in [1.165, 1.54) is 10.5 Å². The van der Waals surface area contributed by atoms with Crippen molar-refractivity contribution in [1.29, 1.82) is 0 Å². The lowest BCUT2D eigenvalue weighted by Gasteiger charge is -2.19. The summed E-state index contributed by atoms with van der Waals surface area (Å²) in [7, 11) is 0. The highest BCUT2D eigenvalue weighted by Gasteiger charge is 2.39. The lowest BCUT2D eigenvalue weighted by molar-refractivity contribution is -0.137. The first-order valence-electron chi connectivity index (χ1n) is 10.9. The predicted octanol–water partition coefficient (Wildman–Crippen LogP) is 6.34. The summed E-state index contributed by atoms with van der Waals surface area (Å²) < 4.78 is 0. The average molecular weight is 459 g/mol. The highest BCUT2D eigenvalue weighted by molar-refractivity contribution is 6.36. The van der Waals surface area contributed by atoms with Crippen molar-refractivity contribution in [3.8, 4) is 0 Å². The van der Waals surface area contributed by atoms with Gasteiger partial charge in [-0.25, -0.2) is 0 Å². The molecule has 1 N–H and O–H groups in total. The molecule has 0 unspecified atom stereocenters. The quantitative estimate of drug-likeness (QED) is 0.454. The minimum absolute atomic E-state index is 0.0241. The molecule has 0 atom stereocenters. The van der Waals surface area contributed by atoms with Crippen molar-refractivity contribution in [2.24, 2.45) is 0 Å². The minimum Gasteiger partial charge on any atom is -0.350 e. The summed E-state index contributed by atoms with van der Waals surface area (Å²) in [4.78, 5) is 28.2. The van der Waals surface area contributed by atoms with Gasteiger partial charge in [0.25, 0.3) is 11.8 Å². The van der Waals surface area contributed by atoms with Gasteiger partial charge < -0.3 is 5.32 Å². The van der Waals surface area contributed by atoms with Gasteiger partial charge in [0.15, 0.2) is 0 Å². The molecule has 4 rings (SSSR count). The van der Waals surface area contributed by atoms with E-state index in [4.69, 9.17) is 11.6 Å². The number of hydrogen-bond donors (Lipinski definition) is 1. The number of nitrogens with zero attached hydrogens (tertiary/aromatic N) is 1. The number of carbonyl (C=O) groups is 2. The molecule has 1 heterocycles. The minimum atomic E-state index is -0.342. The van der Waals surface area contributed by atoms with Crippen LogP contribution in [-0.2, 0) is 21.5 Å². The molecule has 0 fully saturated rings. The fourth-order valence-electron chi connectivity index (χ4n) is 3.79. The molecule has 33 heavy (non-hydrogen) atoms. The van der Waals surface area contributed by atoms with Crippen LogP contribution in [0.2, 0.25) is 5.02 Å². The van der Waals surface area contributed by atoms with Crippen LogP contribution >= 0.6 is 11.6 Å². The first-order chi connectivity index (χ1) is 15.6. The first-order valence-corrected chi connectivity index (χ1v) is 11.3. The topological polar surface area (TPSA) is 49.4 Å². The Labute approximate surface area is 199 Å². The standard InChI is InChI=1S/C28H27ClN2O2/c1-18-5-7-19(8-6-18)17-31-26(32)24(20-9-13-22(29)14-10-20)25(27(31)33)30-23-15-11-21(12-16-23)28(2,3)4/h5-16,30H,17H2,1-4H3. The van der Waals surface area contributed by atoms with Gasteiger partial charge in [-0.1, -0.05) is 86.5 Å². The van der Waals surface area contributed by atoms with Gasteiger partial charge in [0, 0.05) is 10.7 Å². The molecule has 3 aromatic rings. The van der Waals surface area contributed by atoms with Gasteiger partial charge in [0.05, 0.1) is 12.1 Å². The molecule has 0 aromatic heterocycles. The second kappa shape index (κ2) is 8.87. The Balaban J connectivity index is 1.70. The van der Waals surface area contributed by atoms with E-state index in [0.29, 0.717) is 16.2 Å². The highest BCUT2D eigenvalue weighted by atomic mass is 35.5. The van der Waals surface area contributed by atoms with Crippen molar-refractivity contribution in [3.05, 3.63) is 106 Å². The summed E-state index contributed by atoms with van der Waals surface area (Å²) in [5.74, 6) is -0.665. The van der Waals surface area contributed by atoms with E-state index in [1.54, 1.807) is 24.3 Å². The summed E-state index contributed by atoms with van der Waals surface area (Å²) in [6.07, 6.45) is 0. The summed E-state index contributed by atoms with van der Waals surface area (Å²) in [6.45, 7) is 8.67. The largest absolute Gasteiger partial charge is 0.350 e. The number of halogens is 1. The summed E-state index contributed by atoms with van der Waals surface area (Å²) in [5.41, 5.74) is 5.26. The van der Waals surface area contributed by atoms with Crippen LogP contribution in [0.15, 0.2) is 78.5 Å². The van der Waals surface area contributed by atoms with Crippen molar-refractivity contribution in [3.63, 3.8) is 0 Å². The number of anilines is 1. The van der Waals surface area contributed by atoms with Crippen molar-refractivity contribution >= 4 is 34.7 Å². The van der Waals surface area contributed by atoms with Crippen molar-refractivity contribution in [2.45, 2.75) is 39.7 Å². The van der Waals surface area contributed by atoms with Crippen LogP contribution in [0.5, 0.6) is 0 Å². The SMILES string of the molecule is Cc1ccc(CN2C(=O)C(Nc3ccc(C(C)(C)C)cc3)=C(c3ccc(Cl)cc3)C2=O)cc1. The van der Waals surface area contributed by atoms with E-state index < -0.39 is 0 Å². The van der Waals surface area contributed by atoms with Gasteiger partial charge in [-0.05, 0) is 53.3 Å². The Bertz CT molecular complexity index is 1220. The van der Waals surface area contributed by atoms with Crippen LogP contribution in [-0.4, -0.2) is 16.7 Å². The van der Waals surface area contributed by atoms with Gasteiger partial charge in [-0.2, -0.15) is 0 Å². The molecule has 0 radical (unpaired) electrons. The molecule has 4 nitrogen and oxygen atoms in total. The van der Waals surface area contributed by atoms with Gasteiger partial charge in [-0.3, -0.25) is 14.5 Å². The van der Waals surface area contributed by atoms with Crippen LogP contribution in [0.25, 0.3) is 5.57 Å². The number of imide groups is 1. The third-order valence-corrected chi connectivity index (χ3v) is 6.03. The van der Waals surface area contributed by atoms with Gasteiger partial charge >= 0.3 is 0 Å². The number of aryl methyl sites for hydroxylation is 1. The van der Waals surface area contributed by atoms with Gasteiger partial charge in [-0.15, -0.1) is 0 Å². The van der Waals surface area contributed by atoms with Crippen LogP contribution < -0.4 is 5.32 Å². The van der Waals surface area contributed by atoms with E-state index in [0.717, 1.165) is 16.8 Å². The lowest BCUT2D eigenvalue weighted by Crippen LogP contribution is -2.32. The number of benzene rings is 3. The average Bonchev–Trinajstić information content (AvgIpc) is 3.00. The zero-order chi connectivity index (χ0) is 23.8. The smallest absolute Gasteiger partial charge is 0.278 e. The maximum atomic E-state index is 13.4. The second-order valence-corrected chi connectivity index (χ2v) is 9.83. The Kier molecular flexibility index (Phi) is 6.13. The molecule has 1 aliphatic rings. The third kappa shape index (κ3) is 4.86. The van der Waals surface area contributed by atoms with E-state index in [2.05, 4.69) is 26.1 Å². The third-order valence-electron chi connectivity index (χ3n) is 5.78. The summed E-state index contributed by atoms with van der Waals surface area (Å²) in [6, 6.07) is 22.8. The Morgan fingerprint density at radius 1 is 0.818 bits per heavy atom. The van der Waals surface area contributed by atoms with Crippen molar-refractivity contribution in [2.75, 3.05) is 5.32 Å². The molecule has 2 amide bonds. The van der Waals surface area contributed by atoms with Gasteiger partial charge in [0.2, 0.25) is 0 Å². The van der Waals surface area contributed by atoms with Crippen LogP contribution in [0.4, 0.5) is 5.69 Å². The number of nitrogens with one attached hydrogen (secondary N) is 1. The zero-order valence-corrected chi connectivity index (χ0v) is 20.0. The highest BCUT2D eigenvalue weighted by Crippen LogP contribution is 2.33. The Hall–Kier alpha value is -3.37. The second-order valence-electron chi connectivity index (χ2n) is 9.39. The molecule has 168 valence electrons. The lowest BCUT2D eigenvalue weighted by atomic mass is 9.87. The summed E-state index contributed by atoms with van der Waals surface area (Å²) >= 11 is 6.06. The predicted molar refractivity (Wildman–Crippen MR) is 134 cm³/mol. The molecule has 3 aromatic carbocycles. The van der Waals surface area contributed by atoms with E-state index in [-0.39, 0.29) is 29.5 Å². The maximum absolute atomic E-state index is 13.4. The maximum Gasteiger partial charge on any atom is 0.278 e. The van der Waals surface area contributed by atoms with Crippen molar-refractivity contribution < 1.29 is 9.59 Å².